The zero-order valence-electron chi connectivity index (χ0n) is 12.3. The molecule has 0 amide bonds. The molecule has 2 bridgehead atoms. The van der Waals surface area contributed by atoms with Crippen LogP contribution in [0.3, 0.4) is 0 Å². The van der Waals surface area contributed by atoms with Crippen molar-refractivity contribution < 1.29 is 0 Å². The van der Waals surface area contributed by atoms with Crippen LogP contribution in [0.4, 0.5) is 0 Å². The lowest BCUT2D eigenvalue weighted by Crippen LogP contribution is -2.39. The zero-order chi connectivity index (χ0) is 13.5. The third-order valence-electron chi connectivity index (χ3n) is 5.86. The monoisotopic (exact) mass is 287 g/mol. The Balaban J connectivity index is 1.47. The van der Waals surface area contributed by atoms with Gasteiger partial charge in [-0.1, -0.05) is 24.6 Å². The van der Waals surface area contributed by atoms with Crippen molar-refractivity contribution >= 4 is 11.8 Å². The smallest absolute Gasteiger partial charge is 0.0341 e. The molecule has 0 spiro atoms. The van der Waals surface area contributed by atoms with E-state index in [0.717, 1.165) is 17.8 Å². The van der Waals surface area contributed by atoms with Gasteiger partial charge in [0.15, 0.2) is 0 Å². The van der Waals surface area contributed by atoms with Gasteiger partial charge in [0.1, 0.15) is 0 Å². The van der Waals surface area contributed by atoms with E-state index in [2.05, 4.69) is 36.5 Å². The molecule has 5 unspecified atom stereocenters. The first-order valence-corrected chi connectivity index (χ1v) is 9.27. The van der Waals surface area contributed by atoms with E-state index in [4.69, 9.17) is 0 Å². The predicted octanol–water partition coefficient (Wildman–Crippen LogP) is 4.64. The molecular weight excluding hydrogens is 262 g/mol. The van der Waals surface area contributed by atoms with E-state index in [9.17, 15) is 0 Å². The van der Waals surface area contributed by atoms with Gasteiger partial charge in [0.25, 0.3) is 0 Å². The SMILES string of the molecule is CC(NC1CCSc2ccccc21)C1CC2CCC1C2. The van der Waals surface area contributed by atoms with Gasteiger partial charge in [0.2, 0.25) is 0 Å². The van der Waals surface area contributed by atoms with Crippen molar-refractivity contribution in [2.45, 2.75) is 56.0 Å². The van der Waals surface area contributed by atoms with E-state index in [1.54, 1.807) is 5.56 Å². The molecule has 0 saturated heterocycles. The fourth-order valence-corrected chi connectivity index (χ4v) is 5.99. The summed E-state index contributed by atoms with van der Waals surface area (Å²) < 4.78 is 0. The van der Waals surface area contributed by atoms with Gasteiger partial charge in [-0.3, -0.25) is 0 Å². The Morgan fingerprint density at radius 2 is 2.05 bits per heavy atom. The molecule has 1 aromatic carbocycles. The van der Waals surface area contributed by atoms with E-state index in [-0.39, 0.29) is 0 Å². The molecule has 1 N–H and O–H groups in total. The average molecular weight is 287 g/mol. The first-order chi connectivity index (χ1) is 9.81. The summed E-state index contributed by atoms with van der Waals surface area (Å²) in [5.74, 6) is 4.28. The van der Waals surface area contributed by atoms with Crippen LogP contribution in [0.25, 0.3) is 0 Å². The van der Waals surface area contributed by atoms with E-state index >= 15 is 0 Å². The van der Waals surface area contributed by atoms with Crippen LogP contribution in [0.15, 0.2) is 29.2 Å². The summed E-state index contributed by atoms with van der Waals surface area (Å²) in [7, 11) is 0. The van der Waals surface area contributed by atoms with Crippen molar-refractivity contribution in [3.63, 3.8) is 0 Å². The second-order valence-electron chi connectivity index (χ2n) is 7.02. The molecule has 2 aliphatic carbocycles. The normalized spacial score (nSPS) is 36.9. The van der Waals surface area contributed by atoms with Gasteiger partial charge >= 0.3 is 0 Å². The average Bonchev–Trinajstić information content (AvgIpc) is 3.10. The van der Waals surface area contributed by atoms with Crippen molar-refractivity contribution in [2.75, 3.05) is 5.75 Å². The van der Waals surface area contributed by atoms with E-state index in [1.807, 2.05) is 11.8 Å². The van der Waals surface area contributed by atoms with Gasteiger partial charge in [-0.05, 0) is 67.7 Å². The molecule has 2 fully saturated rings. The summed E-state index contributed by atoms with van der Waals surface area (Å²) in [4.78, 5) is 1.50. The van der Waals surface area contributed by atoms with Crippen molar-refractivity contribution in [1.29, 1.82) is 0 Å². The van der Waals surface area contributed by atoms with Gasteiger partial charge in [-0.25, -0.2) is 0 Å². The highest BCUT2D eigenvalue weighted by Crippen LogP contribution is 2.50. The van der Waals surface area contributed by atoms with Crippen molar-refractivity contribution in [3.8, 4) is 0 Å². The molecule has 1 aromatic rings. The Labute approximate surface area is 126 Å². The molecule has 1 nitrogen and oxygen atoms in total. The molecule has 1 heterocycles. The summed E-state index contributed by atoms with van der Waals surface area (Å²) in [6, 6.07) is 10.3. The Hall–Kier alpha value is -0.470. The van der Waals surface area contributed by atoms with Crippen LogP contribution in [0, 0.1) is 17.8 Å². The number of thioether (sulfide) groups is 1. The number of rotatable bonds is 3. The maximum absolute atomic E-state index is 3.99. The molecule has 0 radical (unpaired) electrons. The summed E-state index contributed by atoms with van der Waals surface area (Å²) in [6.07, 6.45) is 7.30. The Morgan fingerprint density at radius 3 is 2.85 bits per heavy atom. The standard InChI is InChI=1S/C18H25NS/c1-12(16-11-13-6-7-14(16)10-13)19-17-8-9-20-18-5-3-2-4-15(17)18/h2-5,12-14,16-17,19H,6-11H2,1H3. The summed E-state index contributed by atoms with van der Waals surface area (Å²) in [5.41, 5.74) is 1.54. The van der Waals surface area contributed by atoms with Crippen LogP contribution < -0.4 is 5.32 Å². The minimum absolute atomic E-state index is 0.585. The maximum Gasteiger partial charge on any atom is 0.0341 e. The number of nitrogens with one attached hydrogen (secondary N) is 1. The third-order valence-corrected chi connectivity index (χ3v) is 6.98. The van der Waals surface area contributed by atoms with E-state index in [0.29, 0.717) is 12.1 Å². The van der Waals surface area contributed by atoms with Gasteiger partial charge < -0.3 is 5.32 Å². The highest BCUT2D eigenvalue weighted by Gasteiger charge is 2.42. The zero-order valence-corrected chi connectivity index (χ0v) is 13.2. The molecular formula is C18H25NS. The minimum atomic E-state index is 0.585. The lowest BCUT2D eigenvalue weighted by molar-refractivity contribution is 0.242. The van der Waals surface area contributed by atoms with Crippen molar-refractivity contribution in [2.24, 2.45) is 17.8 Å². The Morgan fingerprint density at radius 1 is 1.15 bits per heavy atom. The summed E-state index contributed by atoms with van der Waals surface area (Å²) in [6.45, 7) is 2.44. The molecule has 3 aliphatic rings. The van der Waals surface area contributed by atoms with Crippen LogP contribution in [-0.4, -0.2) is 11.8 Å². The largest absolute Gasteiger partial charge is 0.307 e. The van der Waals surface area contributed by atoms with Gasteiger partial charge in [0, 0.05) is 17.0 Å². The van der Waals surface area contributed by atoms with Crippen LogP contribution in [0.1, 0.15) is 50.6 Å². The Kier molecular flexibility index (Phi) is 3.55. The second-order valence-corrected chi connectivity index (χ2v) is 8.16. The van der Waals surface area contributed by atoms with Gasteiger partial charge in [-0.15, -0.1) is 11.8 Å². The van der Waals surface area contributed by atoms with Crippen LogP contribution in [0.2, 0.25) is 0 Å². The molecule has 1 aliphatic heterocycles. The summed E-state index contributed by atoms with van der Waals surface area (Å²) in [5, 5.41) is 3.99. The van der Waals surface area contributed by atoms with Crippen molar-refractivity contribution in [1.82, 2.24) is 5.32 Å². The Bertz CT molecular complexity index is 486. The highest BCUT2D eigenvalue weighted by atomic mass is 32.2. The van der Waals surface area contributed by atoms with Gasteiger partial charge in [-0.2, -0.15) is 0 Å². The lowest BCUT2D eigenvalue weighted by Gasteiger charge is -2.34. The van der Waals surface area contributed by atoms with E-state index < -0.39 is 0 Å². The quantitative estimate of drug-likeness (QED) is 0.869. The predicted molar refractivity (Wildman–Crippen MR) is 86.1 cm³/mol. The number of hydrogen-bond donors (Lipinski definition) is 1. The first-order valence-electron chi connectivity index (χ1n) is 8.29. The molecule has 0 aromatic heterocycles. The fraction of sp³-hybridized carbons (Fsp3) is 0.667. The molecule has 5 atom stereocenters. The van der Waals surface area contributed by atoms with Crippen LogP contribution in [0.5, 0.6) is 0 Å². The number of benzene rings is 1. The highest BCUT2D eigenvalue weighted by molar-refractivity contribution is 7.99. The fourth-order valence-electron chi connectivity index (χ4n) is 4.86. The van der Waals surface area contributed by atoms with Crippen molar-refractivity contribution in [3.05, 3.63) is 29.8 Å². The molecule has 20 heavy (non-hydrogen) atoms. The lowest BCUT2D eigenvalue weighted by atomic mass is 9.83. The second kappa shape index (κ2) is 5.38. The van der Waals surface area contributed by atoms with Gasteiger partial charge in [0.05, 0.1) is 0 Å². The number of hydrogen-bond acceptors (Lipinski definition) is 2. The van der Waals surface area contributed by atoms with Crippen LogP contribution >= 0.6 is 11.8 Å². The third kappa shape index (κ3) is 2.31. The maximum atomic E-state index is 3.99. The topological polar surface area (TPSA) is 12.0 Å². The molecule has 108 valence electrons. The molecule has 2 saturated carbocycles. The molecule has 4 rings (SSSR count). The number of fused-ring (bicyclic) bond motifs is 3. The van der Waals surface area contributed by atoms with E-state index in [1.165, 1.54) is 42.8 Å². The van der Waals surface area contributed by atoms with Crippen LogP contribution in [-0.2, 0) is 0 Å². The summed E-state index contributed by atoms with van der Waals surface area (Å²) >= 11 is 2.02. The minimum Gasteiger partial charge on any atom is -0.307 e. The first kappa shape index (κ1) is 13.2. The molecule has 2 heteroatoms.